The van der Waals surface area contributed by atoms with Gasteiger partial charge in [-0.3, -0.25) is 4.79 Å². The average molecular weight is 290 g/mol. The summed E-state index contributed by atoms with van der Waals surface area (Å²) in [6.07, 6.45) is 3.99. The smallest absolute Gasteiger partial charge is 0.220 e. The number of hydrogen-bond acceptors (Lipinski definition) is 3. The predicted octanol–water partition coefficient (Wildman–Crippen LogP) is 2.65. The van der Waals surface area contributed by atoms with Crippen LogP contribution in [0.3, 0.4) is 0 Å². The van der Waals surface area contributed by atoms with Gasteiger partial charge < -0.3 is 15.4 Å². The molecule has 21 heavy (non-hydrogen) atoms. The molecule has 4 heteroatoms. The second-order valence-corrected chi connectivity index (χ2v) is 5.76. The minimum atomic E-state index is -0.0262. The highest BCUT2D eigenvalue weighted by molar-refractivity contribution is 5.76. The summed E-state index contributed by atoms with van der Waals surface area (Å²) in [5, 5.41) is 6.43. The van der Waals surface area contributed by atoms with Gasteiger partial charge in [0.05, 0.1) is 13.2 Å². The van der Waals surface area contributed by atoms with E-state index in [4.69, 9.17) is 4.74 Å². The molecule has 0 saturated carbocycles. The number of hydrogen-bond donors (Lipinski definition) is 2. The monoisotopic (exact) mass is 290 g/mol. The molecule has 0 spiro atoms. The fourth-order valence-corrected chi connectivity index (χ4v) is 2.92. The third-order valence-electron chi connectivity index (χ3n) is 4.22. The summed E-state index contributed by atoms with van der Waals surface area (Å²) in [7, 11) is 1.66. The SMILES string of the molecule is COc1ccccc1[C@@H](C)NC(=O)CCC1CCNCC1. The van der Waals surface area contributed by atoms with Gasteiger partial charge in [-0.15, -0.1) is 0 Å². The molecule has 0 aromatic heterocycles. The topological polar surface area (TPSA) is 50.4 Å². The van der Waals surface area contributed by atoms with Crippen LogP contribution in [-0.4, -0.2) is 26.1 Å². The Kier molecular flexibility index (Phi) is 6.05. The van der Waals surface area contributed by atoms with E-state index in [1.54, 1.807) is 7.11 Å². The molecular weight excluding hydrogens is 264 g/mol. The quantitative estimate of drug-likeness (QED) is 0.847. The van der Waals surface area contributed by atoms with Crippen LogP contribution in [0.1, 0.15) is 44.2 Å². The van der Waals surface area contributed by atoms with E-state index in [0.29, 0.717) is 12.3 Å². The molecule has 0 unspecified atom stereocenters. The second kappa shape index (κ2) is 8.03. The number of piperidine rings is 1. The summed E-state index contributed by atoms with van der Waals surface area (Å²) >= 11 is 0. The van der Waals surface area contributed by atoms with Gasteiger partial charge in [-0.1, -0.05) is 18.2 Å². The lowest BCUT2D eigenvalue weighted by atomic mass is 9.93. The first-order valence-corrected chi connectivity index (χ1v) is 7.83. The molecule has 1 fully saturated rings. The van der Waals surface area contributed by atoms with Gasteiger partial charge >= 0.3 is 0 Å². The van der Waals surface area contributed by atoms with Crippen molar-refractivity contribution in [3.63, 3.8) is 0 Å². The molecule has 1 amide bonds. The van der Waals surface area contributed by atoms with E-state index in [2.05, 4.69) is 10.6 Å². The maximum absolute atomic E-state index is 12.1. The second-order valence-electron chi connectivity index (χ2n) is 5.76. The fourth-order valence-electron chi connectivity index (χ4n) is 2.92. The van der Waals surface area contributed by atoms with Gasteiger partial charge in [0.2, 0.25) is 5.91 Å². The van der Waals surface area contributed by atoms with Crippen molar-refractivity contribution in [3.8, 4) is 5.75 Å². The van der Waals surface area contributed by atoms with E-state index < -0.39 is 0 Å². The molecule has 0 aliphatic carbocycles. The number of para-hydroxylation sites is 1. The summed E-state index contributed by atoms with van der Waals surface area (Å²) < 4.78 is 5.34. The van der Waals surface area contributed by atoms with Crippen molar-refractivity contribution in [1.82, 2.24) is 10.6 Å². The maximum Gasteiger partial charge on any atom is 0.220 e. The summed E-state index contributed by atoms with van der Waals surface area (Å²) in [5.41, 5.74) is 1.02. The maximum atomic E-state index is 12.1. The zero-order chi connectivity index (χ0) is 15.1. The first-order valence-electron chi connectivity index (χ1n) is 7.83. The summed E-state index contributed by atoms with van der Waals surface area (Å²) in [4.78, 5) is 12.1. The Bertz CT molecular complexity index is 456. The minimum absolute atomic E-state index is 0.0262. The van der Waals surface area contributed by atoms with Crippen LogP contribution < -0.4 is 15.4 Å². The zero-order valence-electron chi connectivity index (χ0n) is 13.0. The number of carbonyl (C=O) groups is 1. The average Bonchev–Trinajstić information content (AvgIpc) is 2.53. The number of amides is 1. The van der Waals surface area contributed by atoms with Crippen LogP contribution in [0.25, 0.3) is 0 Å². The predicted molar refractivity (Wildman–Crippen MR) is 84.4 cm³/mol. The molecule has 0 bridgehead atoms. The highest BCUT2D eigenvalue weighted by Gasteiger charge is 2.17. The van der Waals surface area contributed by atoms with Crippen LogP contribution in [0.5, 0.6) is 5.75 Å². The molecule has 1 heterocycles. The highest BCUT2D eigenvalue weighted by Crippen LogP contribution is 2.24. The largest absolute Gasteiger partial charge is 0.496 e. The van der Waals surface area contributed by atoms with Crippen molar-refractivity contribution in [3.05, 3.63) is 29.8 Å². The Labute approximate surface area is 127 Å². The molecule has 4 nitrogen and oxygen atoms in total. The molecule has 1 aliphatic heterocycles. The third-order valence-corrected chi connectivity index (χ3v) is 4.22. The van der Waals surface area contributed by atoms with Crippen molar-refractivity contribution in [2.75, 3.05) is 20.2 Å². The van der Waals surface area contributed by atoms with Gasteiger partial charge in [-0.25, -0.2) is 0 Å². The normalized spacial score (nSPS) is 17.2. The van der Waals surface area contributed by atoms with Crippen molar-refractivity contribution >= 4 is 5.91 Å². The van der Waals surface area contributed by atoms with Crippen molar-refractivity contribution in [2.45, 2.75) is 38.6 Å². The number of benzene rings is 1. The van der Waals surface area contributed by atoms with Crippen molar-refractivity contribution in [1.29, 1.82) is 0 Å². The third kappa shape index (κ3) is 4.74. The molecule has 1 aromatic rings. The van der Waals surface area contributed by atoms with Crippen LogP contribution in [0, 0.1) is 5.92 Å². The van der Waals surface area contributed by atoms with Crippen LogP contribution in [-0.2, 0) is 4.79 Å². The Hall–Kier alpha value is -1.55. The van der Waals surface area contributed by atoms with Crippen LogP contribution in [0.2, 0.25) is 0 Å². The van der Waals surface area contributed by atoms with Crippen molar-refractivity contribution in [2.24, 2.45) is 5.92 Å². The Balaban J connectivity index is 1.81. The summed E-state index contributed by atoms with van der Waals surface area (Å²) in [6.45, 7) is 4.17. The number of methoxy groups -OCH3 is 1. The number of carbonyl (C=O) groups excluding carboxylic acids is 1. The molecule has 2 rings (SSSR count). The van der Waals surface area contributed by atoms with Gasteiger partial charge in [-0.05, 0) is 51.3 Å². The lowest BCUT2D eigenvalue weighted by Crippen LogP contribution is -2.30. The molecular formula is C17H26N2O2. The Morgan fingerprint density at radius 1 is 1.38 bits per heavy atom. The van der Waals surface area contributed by atoms with Gasteiger partial charge in [0.25, 0.3) is 0 Å². The van der Waals surface area contributed by atoms with E-state index in [1.165, 1.54) is 12.8 Å². The molecule has 1 aromatic carbocycles. The molecule has 1 aliphatic rings. The Morgan fingerprint density at radius 3 is 2.81 bits per heavy atom. The lowest BCUT2D eigenvalue weighted by Gasteiger charge is -2.23. The van der Waals surface area contributed by atoms with E-state index in [-0.39, 0.29) is 11.9 Å². The standard InChI is InChI=1S/C17H26N2O2/c1-13(15-5-3-4-6-16(15)21-2)19-17(20)8-7-14-9-11-18-12-10-14/h3-6,13-14,18H,7-12H2,1-2H3,(H,19,20)/t13-/m1/s1. The van der Waals surface area contributed by atoms with Gasteiger partial charge in [0.1, 0.15) is 5.75 Å². The van der Waals surface area contributed by atoms with Crippen LogP contribution in [0.15, 0.2) is 24.3 Å². The van der Waals surface area contributed by atoms with E-state index in [1.807, 2.05) is 31.2 Å². The van der Waals surface area contributed by atoms with Crippen LogP contribution >= 0.6 is 0 Å². The number of ether oxygens (including phenoxy) is 1. The zero-order valence-corrected chi connectivity index (χ0v) is 13.0. The molecule has 1 saturated heterocycles. The first kappa shape index (κ1) is 15.8. The number of nitrogens with one attached hydrogen (secondary N) is 2. The van der Waals surface area contributed by atoms with Gasteiger partial charge in [0.15, 0.2) is 0 Å². The van der Waals surface area contributed by atoms with Crippen LogP contribution in [0.4, 0.5) is 0 Å². The molecule has 0 radical (unpaired) electrons. The molecule has 1 atom stereocenters. The summed E-state index contributed by atoms with van der Waals surface area (Å²) in [5.74, 6) is 1.65. The number of rotatable bonds is 6. The van der Waals surface area contributed by atoms with Gasteiger partial charge in [0, 0.05) is 12.0 Å². The Morgan fingerprint density at radius 2 is 2.10 bits per heavy atom. The highest BCUT2D eigenvalue weighted by atomic mass is 16.5. The molecule has 2 N–H and O–H groups in total. The first-order chi connectivity index (χ1) is 10.2. The van der Waals surface area contributed by atoms with Gasteiger partial charge in [-0.2, -0.15) is 0 Å². The van der Waals surface area contributed by atoms with Crippen molar-refractivity contribution < 1.29 is 9.53 Å². The fraction of sp³-hybridized carbons (Fsp3) is 0.588. The van der Waals surface area contributed by atoms with E-state index in [0.717, 1.165) is 30.8 Å². The molecule has 116 valence electrons. The van der Waals surface area contributed by atoms with E-state index in [9.17, 15) is 4.79 Å². The lowest BCUT2D eigenvalue weighted by molar-refractivity contribution is -0.122. The summed E-state index contributed by atoms with van der Waals surface area (Å²) in [6, 6.07) is 7.80. The van der Waals surface area contributed by atoms with E-state index >= 15 is 0 Å². The minimum Gasteiger partial charge on any atom is -0.496 e.